The number of benzene rings is 3. The summed E-state index contributed by atoms with van der Waals surface area (Å²) in [7, 11) is 0. The Kier molecular flexibility index (Phi) is 7.91. The molecular formula is C41H45F2N5O3. The number of anilines is 1. The van der Waals surface area contributed by atoms with Gasteiger partial charge in [-0.2, -0.15) is 9.97 Å². The summed E-state index contributed by atoms with van der Waals surface area (Å²) >= 11 is 0. The molecule has 4 aliphatic heterocycles. The van der Waals surface area contributed by atoms with Crippen LogP contribution in [0, 0.1) is 29.4 Å². The Morgan fingerprint density at radius 3 is 2.55 bits per heavy atom. The maximum atomic E-state index is 17.5. The number of rotatable bonds is 8. The zero-order valence-electron chi connectivity index (χ0n) is 29.4. The highest BCUT2D eigenvalue weighted by Crippen LogP contribution is 2.49. The molecule has 2 N–H and O–H groups in total. The molecular weight excluding hydrogens is 648 g/mol. The van der Waals surface area contributed by atoms with Crippen molar-refractivity contribution in [2.75, 3.05) is 50.8 Å². The first-order valence-electron chi connectivity index (χ1n) is 18.6. The summed E-state index contributed by atoms with van der Waals surface area (Å²) < 4.78 is 45.3. The Labute approximate surface area is 297 Å². The molecule has 9 rings (SSSR count). The number of phenols is 1. The lowest BCUT2D eigenvalue weighted by atomic mass is 9.85. The van der Waals surface area contributed by atoms with Crippen molar-refractivity contribution < 1.29 is 23.4 Å². The molecule has 2 bridgehead atoms. The molecule has 5 fully saturated rings. The van der Waals surface area contributed by atoms with Crippen molar-refractivity contribution in [2.45, 2.75) is 82.4 Å². The molecule has 8 nitrogen and oxygen atoms in total. The van der Waals surface area contributed by atoms with Crippen LogP contribution >= 0.6 is 0 Å². The van der Waals surface area contributed by atoms with Crippen LogP contribution in [0.15, 0.2) is 30.3 Å². The molecule has 3 aromatic carbocycles. The first-order valence-corrected chi connectivity index (χ1v) is 18.6. The van der Waals surface area contributed by atoms with E-state index in [1.807, 2.05) is 19.9 Å². The molecule has 4 saturated heterocycles. The predicted molar refractivity (Wildman–Crippen MR) is 194 cm³/mol. The Morgan fingerprint density at radius 1 is 1.08 bits per heavy atom. The van der Waals surface area contributed by atoms with E-state index >= 15 is 8.78 Å². The van der Waals surface area contributed by atoms with Gasteiger partial charge in [0.1, 0.15) is 22.9 Å². The monoisotopic (exact) mass is 693 g/mol. The number of terminal acetylenes is 1. The van der Waals surface area contributed by atoms with Crippen LogP contribution in [0.1, 0.15) is 75.8 Å². The highest BCUT2D eigenvalue weighted by molar-refractivity contribution is 6.05. The van der Waals surface area contributed by atoms with Gasteiger partial charge >= 0.3 is 6.01 Å². The first kappa shape index (κ1) is 32.8. The van der Waals surface area contributed by atoms with Crippen molar-refractivity contribution in [3.05, 3.63) is 53.1 Å². The van der Waals surface area contributed by atoms with E-state index in [4.69, 9.17) is 25.9 Å². The maximum Gasteiger partial charge on any atom is 0.319 e. The van der Waals surface area contributed by atoms with Crippen molar-refractivity contribution >= 4 is 27.5 Å². The Balaban J connectivity index is 1.13. The van der Waals surface area contributed by atoms with Gasteiger partial charge in [-0.05, 0) is 91.6 Å². The van der Waals surface area contributed by atoms with Gasteiger partial charge in [0, 0.05) is 73.2 Å². The average molecular weight is 694 g/mol. The lowest BCUT2D eigenvalue weighted by Crippen LogP contribution is -2.65. The van der Waals surface area contributed by atoms with Crippen molar-refractivity contribution in [3.63, 3.8) is 0 Å². The second-order valence-electron chi connectivity index (χ2n) is 16.2. The van der Waals surface area contributed by atoms with E-state index in [0.29, 0.717) is 51.8 Å². The number of hydrogen-bond donors (Lipinski definition) is 2. The third-order valence-electron chi connectivity index (χ3n) is 12.0. The number of aromatic hydroxyl groups is 1. The van der Waals surface area contributed by atoms with Crippen molar-refractivity contribution in [1.82, 2.24) is 20.2 Å². The van der Waals surface area contributed by atoms with Crippen LogP contribution in [-0.2, 0) is 4.74 Å². The normalized spacial score (nSPS) is 23.6. The zero-order chi connectivity index (χ0) is 35.1. The van der Waals surface area contributed by atoms with Gasteiger partial charge in [-0.15, -0.1) is 6.42 Å². The van der Waals surface area contributed by atoms with Gasteiger partial charge in [-0.25, -0.2) is 8.78 Å². The second kappa shape index (κ2) is 12.3. The fraction of sp³-hybridized carbons (Fsp3) is 0.512. The fourth-order valence-electron chi connectivity index (χ4n) is 9.24. The molecule has 2 unspecified atom stereocenters. The largest absolute Gasteiger partial charge is 0.508 e. The van der Waals surface area contributed by atoms with Crippen LogP contribution in [0.2, 0.25) is 0 Å². The summed E-state index contributed by atoms with van der Waals surface area (Å²) in [6.45, 7) is 9.70. The van der Waals surface area contributed by atoms with E-state index < -0.39 is 11.6 Å². The van der Waals surface area contributed by atoms with E-state index in [9.17, 15) is 5.11 Å². The summed E-state index contributed by atoms with van der Waals surface area (Å²) in [4.78, 5) is 14.6. The van der Waals surface area contributed by atoms with Crippen LogP contribution in [0.3, 0.4) is 0 Å². The fourth-order valence-corrected chi connectivity index (χ4v) is 9.24. The first-order chi connectivity index (χ1) is 24.6. The minimum Gasteiger partial charge on any atom is -0.508 e. The molecule has 0 radical (unpaired) electrons. The molecule has 1 aromatic heterocycles. The van der Waals surface area contributed by atoms with Crippen molar-refractivity contribution in [1.29, 1.82) is 0 Å². The molecule has 0 amide bonds. The van der Waals surface area contributed by atoms with E-state index in [1.54, 1.807) is 6.07 Å². The number of nitrogens with one attached hydrogen (secondary N) is 1. The van der Waals surface area contributed by atoms with Crippen LogP contribution in [0.4, 0.5) is 14.6 Å². The summed E-state index contributed by atoms with van der Waals surface area (Å²) in [5.74, 6) is 1.80. The number of piperazine rings is 1. The lowest BCUT2D eigenvalue weighted by Gasteiger charge is -2.52. The summed E-state index contributed by atoms with van der Waals surface area (Å²) in [5, 5.41) is 16.0. The molecule has 4 aromatic rings. The second-order valence-corrected chi connectivity index (χ2v) is 16.2. The molecule has 2 atom stereocenters. The van der Waals surface area contributed by atoms with Crippen LogP contribution in [0.25, 0.3) is 32.8 Å². The molecule has 51 heavy (non-hydrogen) atoms. The van der Waals surface area contributed by atoms with Crippen LogP contribution in [-0.4, -0.2) is 83.6 Å². The third-order valence-corrected chi connectivity index (χ3v) is 12.0. The Bertz CT molecular complexity index is 2070. The number of fused-ring (bicyclic) bond motifs is 4. The summed E-state index contributed by atoms with van der Waals surface area (Å²) in [5.41, 5.74) is 1.48. The standard InChI is InChI=1S/C41H45F2N5O3/c1-4-29-33(42)10-7-25-15-28(49)16-31(34(25)29)35-30(24(2)3)17-32-37(36(35)43)45-39(46-38(32)48-18-26-8-9-27(19-48)44-26)50-23-40(12-13-40)20-47-21-41(22-47)11-5-6-14-51-41/h1,7,10,15-17,24,26-27,44,49H,5-6,8-9,11-14,18-23H2,2-3H3. The van der Waals surface area contributed by atoms with E-state index in [1.165, 1.54) is 24.6 Å². The summed E-state index contributed by atoms with van der Waals surface area (Å²) in [6.07, 6.45) is 13.7. The van der Waals surface area contributed by atoms with Gasteiger partial charge in [-0.3, -0.25) is 4.90 Å². The average Bonchev–Trinajstić information content (AvgIpc) is 3.80. The molecule has 10 heteroatoms. The number of nitrogens with zero attached hydrogens (tertiary/aromatic N) is 4. The van der Waals surface area contributed by atoms with Crippen molar-refractivity contribution in [3.8, 4) is 35.2 Å². The molecule has 266 valence electrons. The third kappa shape index (κ3) is 5.78. The Hall–Kier alpha value is -4.04. The molecule has 1 aliphatic carbocycles. The topological polar surface area (TPSA) is 83.0 Å². The quantitative estimate of drug-likeness (QED) is 0.193. The highest BCUT2D eigenvalue weighted by Gasteiger charge is 2.51. The summed E-state index contributed by atoms with van der Waals surface area (Å²) in [6, 6.07) is 8.64. The number of halogens is 2. The number of hydrogen-bond acceptors (Lipinski definition) is 8. The number of ether oxygens (including phenoxy) is 2. The van der Waals surface area contributed by atoms with Crippen molar-refractivity contribution in [2.24, 2.45) is 5.41 Å². The van der Waals surface area contributed by atoms with E-state index in [2.05, 4.69) is 21.0 Å². The van der Waals surface area contributed by atoms with Gasteiger partial charge in [0.25, 0.3) is 0 Å². The SMILES string of the molecule is C#Cc1c(F)ccc2cc(O)cc(-c3c(C(C)C)cc4c(N5CC6CCC(C5)N6)nc(OCC5(CN6CC7(CCCCO7)C6)CC5)nc4c3F)c12. The molecule has 1 saturated carbocycles. The minimum absolute atomic E-state index is 0.0181. The van der Waals surface area contributed by atoms with Gasteiger partial charge in [0.2, 0.25) is 0 Å². The van der Waals surface area contributed by atoms with E-state index in [0.717, 1.165) is 77.9 Å². The van der Waals surface area contributed by atoms with Crippen LogP contribution < -0.4 is 15.0 Å². The number of likely N-dealkylation sites (tertiary alicyclic amines) is 1. The zero-order valence-corrected chi connectivity index (χ0v) is 29.4. The highest BCUT2D eigenvalue weighted by atomic mass is 19.1. The molecule has 1 spiro atoms. The maximum absolute atomic E-state index is 17.5. The molecule has 5 aliphatic rings. The van der Waals surface area contributed by atoms with Gasteiger partial charge in [0.05, 0.1) is 17.8 Å². The van der Waals surface area contributed by atoms with Crippen LogP contribution in [0.5, 0.6) is 11.8 Å². The Morgan fingerprint density at radius 2 is 1.86 bits per heavy atom. The predicted octanol–water partition coefficient (Wildman–Crippen LogP) is 6.89. The van der Waals surface area contributed by atoms with Gasteiger partial charge in [0.15, 0.2) is 5.82 Å². The molecule has 5 heterocycles. The minimum atomic E-state index is -0.577. The van der Waals surface area contributed by atoms with E-state index in [-0.39, 0.29) is 45.3 Å². The lowest BCUT2D eigenvalue weighted by molar-refractivity contribution is -0.170. The van der Waals surface area contributed by atoms with Gasteiger partial charge in [-0.1, -0.05) is 25.8 Å². The smallest absolute Gasteiger partial charge is 0.319 e. The number of aromatic nitrogens is 2. The number of phenolic OH excluding ortho intramolecular Hbond substituents is 1. The van der Waals surface area contributed by atoms with Gasteiger partial charge < -0.3 is 24.8 Å².